The quantitative estimate of drug-likeness (QED) is 0.554. The first-order valence-corrected chi connectivity index (χ1v) is 9.44. The molecule has 0 bridgehead atoms. The third-order valence-electron chi connectivity index (χ3n) is 5.74. The number of hydrogen-bond acceptors (Lipinski definition) is 3. The lowest BCUT2D eigenvalue weighted by Crippen LogP contribution is -2.33. The van der Waals surface area contributed by atoms with Crippen LogP contribution in [-0.4, -0.2) is 23.1 Å². The minimum atomic E-state index is 0.552. The largest absolute Gasteiger partial charge is 0.370 e. The van der Waals surface area contributed by atoms with Crippen LogP contribution in [0.15, 0.2) is 60.9 Å². The molecule has 0 amide bonds. The Bertz CT molecular complexity index is 1160. The highest BCUT2D eigenvalue weighted by atomic mass is 15.1. The van der Waals surface area contributed by atoms with Crippen molar-refractivity contribution in [2.24, 2.45) is 0 Å². The number of piperidine rings is 1. The molecule has 0 saturated carbocycles. The maximum Gasteiger partial charge on any atom is 0.103 e. The van der Waals surface area contributed by atoms with Crippen LogP contribution in [0.25, 0.3) is 21.8 Å². The molecule has 1 fully saturated rings. The number of para-hydroxylation sites is 2. The van der Waals surface area contributed by atoms with E-state index in [1.165, 1.54) is 16.5 Å². The van der Waals surface area contributed by atoms with Crippen LogP contribution in [0.2, 0.25) is 0 Å². The second kappa shape index (κ2) is 6.44. The number of nitrogens with zero attached hydrogens (tertiary/aromatic N) is 3. The third-order valence-corrected chi connectivity index (χ3v) is 5.74. The molecule has 1 aliphatic heterocycles. The van der Waals surface area contributed by atoms with E-state index in [0.29, 0.717) is 11.5 Å². The second-order valence-corrected chi connectivity index (χ2v) is 7.20. The summed E-state index contributed by atoms with van der Waals surface area (Å²) in [7, 11) is 0. The highest BCUT2D eigenvalue weighted by Gasteiger charge is 2.25. The van der Waals surface area contributed by atoms with Crippen molar-refractivity contribution in [3.8, 4) is 6.07 Å². The maximum atomic E-state index is 9.61. The molecule has 2 aromatic heterocycles. The van der Waals surface area contributed by atoms with Crippen molar-refractivity contribution in [1.29, 1.82) is 5.26 Å². The number of nitrogens with one attached hydrogen (secondary N) is 1. The minimum Gasteiger partial charge on any atom is -0.370 e. The topological polar surface area (TPSA) is 55.7 Å². The Morgan fingerprint density at radius 1 is 1.00 bits per heavy atom. The van der Waals surface area contributed by atoms with Crippen molar-refractivity contribution in [3.05, 3.63) is 72.1 Å². The summed E-state index contributed by atoms with van der Waals surface area (Å²) in [6.07, 6.45) is 6.06. The molecule has 1 saturated heterocycles. The predicted molar refractivity (Wildman–Crippen MR) is 109 cm³/mol. The van der Waals surface area contributed by atoms with E-state index in [1.54, 1.807) is 6.20 Å². The van der Waals surface area contributed by atoms with Gasteiger partial charge in [0.05, 0.1) is 16.8 Å². The van der Waals surface area contributed by atoms with Gasteiger partial charge in [-0.3, -0.25) is 4.98 Å². The molecule has 1 N–H and O–H groups in total. The highest BCUT2D eigenvalue weighted by Crippen LogP contribution is 2.37. The van der Waals surface area contributed by atoms with E-state index in [4.69, 9.17) is 0 Å². The van der Waals surface area contributed by atoms with E-state index in [-0.39, 0.29) is 0 Å². The first-order valence-electron chi connectivity index (χ1n) is 9.44. The maximum absolute atomic E-state index is 9.61. The molecule has 3 heterocycles. The number of aromatic nitrogens is 2. The first kappa shape index (κ1) is 15.9. The fourth-order valence-corrected chi connectivity index (χ4v) is 4.40. The van der Waals surface area contributed by atoms with Crippen LogP contribution in [0.3, 0.4) is 0 Å². The average Bonchev–Trinajstić information content (AvgIpc) is 3.17. The average molecular weight is 352 g/mol. The monoisotopic (exact) mass is 352 g/mol. The van der Waals surface area contributed by atoms with Crippen LogP contribution >= 0.6 is 0 Å². The van der Waals surface area contributed by atoms with Crippen molar-refractivity contribution in [2.45, 2.75) is 18.8 Å². The van der Waals surface area contributed by atoms with Crippen molar-refractivity contribution >= 4 is 27.5 Å². The lowest BCUT2D eigenvalue weighted by molar-refractivity contribution is 0.508. The van der Waals surface area contributed by atoms with Crippen LogP contribution in [0.1, 0.15) is 29.9 Å². The van der Waals surface area contributed by atoms with Gasteiger partial charge in [0.15, 0.2) is 0 Å². The van der Waals surface area contributed by atoms with Gasteiger partial charge in [-0.1, -0.05) is 36.4 Å². The summed E-state index contributed by atoms with van der Waals surface area (Å²) in [5.41, 5.74) is 5.29. The molecule has 5 rings (SSSR count). The summed E-state index contributed by atoms with van der Waals surface area (Å²) in [6.45, 7) is 1.90. The standard InChI is InChI=1S/C23H20N4/c24-13-17-14-25-22-8-4-2-6-19(22)23(17)27-11-9-16(10-12-27)20-15-26-21-7-3-1-5-18(20)21/h1-8,14-16,26H,9-12H2. The number of anilines is 1. The lowest BCUT2D eigenvalue weighted by atomic mass is 9.88. The number of benzene rings is 2. The molecule has 0 atom stereocenters. The Labute approximate surface area is 158 Å². The SMILES string of the molecule is N#Cc1cnc2ccccc2c1N1CCC(c2c[nH]c3ccccc23)CC1. The van der Waals surface area contributed by atoms with Gasteiger partial charge in [-0.2, -0.15) is 5.26 Å². The minimum absolute atomic E-state index is 0.552. The second-order valence-electron chi connectivity index (χ2n) is 7.20. The number of rotatable bonds is 2. The molecule has 27 heavy (non-hydrogen) atoms. The van der Waals surface area contributed by atoms with Gasteiger partial charge < -0.3 is 9.88 Å². The number of fused-ring (bicyclic) bond motifs is 2. The molecule has 4 aromatic rings. The summed E-state index contributed by atoms with van der Waals surface area (Å²) in [5.74, 6) is 0.552. The number of nitriles is 1. The fourth-order valence-electron chi connectivity index (χ4n) is 4.40. The Morgan fingerprint density at radius 3 is 2.56 bits per heavy atom. The van der Waals surface area contributed by atoms with Gasteiger partial charge in [0.1, 0.15) is 6.07 Å². The highest BCUT2D eigenvalue weighted by molar-refractivity contribution is 5.94. The first-order chi connectivity index (χ1) is 13.3. The molecule has 4 nitrogen and oxygen atoms in total. The molecule has 1 aliphatic rings. The van der Waals surface area contributed by atoms with E-state index >= 15 is 0 Å². The molecular formula is C23H20N4. The Kier molecular flexibility index (Phi) is 3.79. The smallest absolute Gasteiger partial charge is 0.103 e. The van der Waals surface area contributed by atoms with Gasteiger partial charge in [0.2, 0.25) is 0 Å². The molecule has 132 valence electrons. The van der Waals surface area contributed by atoms with Crippen LogP contribution in [0.5, 0.6) is 0 Å². The molecule has 0 spiro atoms. The zero-order valence-corrected chi connectivity index (χ0v) is 15.0. The Hall–Kier alpha value is -3.32. The summed E-state index contributed by atoms with van der Waals surface area (Å²) < 4.78 is 0. The van der Waals surface area contributed by atoms with Gasteiger partial charge in [0, 0.05) is 41.8 Å². The van der Waals surface area contributed by atoms with Crippen molar-refractivity contribution < 1.29 is 0 Å². The number of hydrogen-bond donors (Lipinski definition) is 1. The molecule has 2 aromatic carbocycles. The van der Waals surface area contributed by atoms with E-state index in [0.717, 1.165) is 42.5 Å². The van der Waals surface area contributed by atoms with E-state index in [1.807, 2.05) is 18.2 Å². The zero-order chi connectivity index (χ0) is 18.2. The molecule has 4 heteroatoms. The number of pyridine rings is 1. The van der Waals surface area contributed by atoms with E-state index < -0.39 is 0 Å². The van der Waals surface area contributed by atoms with Crippen molar-refractivity contribution in [2.75, 3.05) is 18.0 Å². The summed E-state index contributed by atoms with van der Waals surface area (Å²) >= 11 is 0. The van der Waals surface area contributed by atoms with Gasteiger partial charge in [-0.25, -0.2) is 0 Å². The van der Waals surface area contributed by atoms with E-state index in [9.17, 15) is 5.26 Å². The molecule has 0 unspecified atom stereocenters. The molecule has 0 radical (unpaired) electrons. The fraction of sp³-hybridized carbons (Fsp3) is 0.217. The number of H-pyrrole nitrogens is 1. The normalized spacial score (nSPS) is 15.3. The van der Waals surface area contributed by atoms with Crippen LogP contribution in [0, 0.1) is 11.3 Å². The number of aromatic amines is 1. The molecule has 0 aliphatic carbocycles. The predicted octanol–water partition coefficient (Wildman–Crippen LogP) is 4.97. The zero-order valence-electron chi connectivity index (χ0n) is 15.0. The van der Waals surface area contributed by atoms with Gasteiger partial charge >= 0.3 is 0 Å². The summed E-state index contributed by atoms with van der Waals surface area (Å²) in [6, 6.07) is 19.0. The lowest BCUT2D eigenvalue weighted by Gasteiger charge is -2.34. The van der Waals surface area contributed by atoms with Crippen LogP contribution in [-0.2, 0) is 0 Å². The van der Waals surface area contributed by atoms with Gasteiger partial charge in [-0.05, 0) is 36.5 Å². The van der Waals surface area contributed by atoms with Crippen molar-refractivity contribution in [1.82, 2.24) is 9.97 Å². The Morgan fingerprint density at radius 2 is 1.74 bits per heavy atom. The summed E-state index contributed by atoms with van der Waals surface area (Å²) in [4.78, 5) is 10.2. The molecular weight excluding hydrogens is 332 g/mol. The summed E-state index contributed by atoms with van der Waals surface area (Å²) in [5, 5.41) is 12.0. The van der Waals surface area contributed by atoms with Crippen LogP contribution < -0.4 is 4.90 Å². The Balaban J connectivity index is 1.46. The third kappa shape index (κ3) is 2.63. The van der Waals surface area contributed by atoms with E-state index in [2.05, 4.69) is 57.5 Å². The van der Waals surface area contributed by atoms with Gasteiger partial charge in [-0.15, -0.1) is 0 Å². The van der Waals surface area contributed by atoms with Crippen molar-refractivity contribution in [3.63, 3.8) is 0 Å². The van der Waals surface area contributed by atoms with Crippen LogP contribution in [0.4, 0.5) is 5.69 Å². The van der Waals surface area contributed by atoms with Gasteiger partial charge in [0.25, 0.3) is 0 Å².